The normalized spacial score (nSPS) is 12.1. The summed E-state index contributed by atoms with van der Waals surface area (Å²) in [5.41, 5.74) is 4.47. The highest BCUT2D eigenvalue weighted by Crippen LogP contribution is 2.30. The van der Waals surface area contributed by atoms with Gasteiger partial charge in [-0.25, -0.2) is 19.9 Å². The van der Waals surface area contributed by atoms with Crippen LogP contribution in [0.4, 0.5) is 5.82 Å². The molecule has 6 aromatic rings. The van der Waals surface area contributed by atoms with E-state index in [4.69, 9.17) is 0 Å². The van der Waals surface area contributed by atoms with Gasteiger partial charge in [-0.1, -0.05) is 36.4 Å². The van der Waals surface area contributed by atoms with E-state index in [2.05, 4.69) is 36.3 Å². The van der Waals surface area contributed by atoms with Gasteiger partial charge in [0.2, 0.25) is 0 Å². The molecule has 0 fully saturated rings. The van der Waals surface area contributed by atoms with E-state index >= 15 is 0 Å². The largest absolute Gasteiger partial charge is 0.360 e. The highest BCUT2D eigenvalue weighted by Gasteiger charge is 2.20. The standard InChI is InChI=1S/C29H23N7O/c1-18(35-28-27-24(33-17-34-28)12-7-13-30-27)25-14-20-8-6-11-23(21-15-31-19(2)32-16-21)26(20)29(37)36(25)22-9-4-3-5-10-22/h3-18H,1-2H3,(H,33,34,35)/t18-/m0/s1. The smallest absolute Gasteiger partial charge is 0.263 e. The summed E-state index contributed by atoms with van der Waals surface area (Å²) in [7, 11) is 0. The van der Waals surface area contributed by atoms with Gasteiger partial charge >= 0.3 is 0 Å². The molecule has 0 aliphatic rings. The Morgan fingerprint density at radius 1 is 0.865 bits per heavy atom. The quantitative estimate of drug-likeness (QED) is 0.355. The summed E-state index contributed by atoms with van der Waals surface area (Å²) in [6, 6.07) is 21.0. The van der Waals surface area contributed by atoms with Gasteiger partial charge < -0.3 is 5.32 Å². The van der Waals surface area contributed by atoms with Gasteiger partial charge in [-0.2, -0.15) is 0 Å². The van der Waals surface area contributed by atoms with Gasteiger partial charge in [0.1, 0.15) is 17.7 Å². The molecule has 8 heteroatoms. The summed E-state index contributed by atoms with van der Waals surface area (Å²) in [6.45, 7) is 3.85. The first kappa shape index (κ1) is 22.5. The molecule has 2 aromatic carbocycles. The zero-order valence-corrected chi connectivity index (χ0v) is 20.3. The highest BCUT2D eigenvalue weighted by atomic mass is 16.1. The van der Waals surface area contributed by atoms with Crippen molar-refractivity contribution < 1.29 is 0 Å². The molecule has 0 saturated heterocycles. The van der Waals surface area contributed by atoms with Crippen molar-refractivity contribution in [3.63, 3.8) is 0 Å². The van der Waals surface area contributed by atoms with Crippen molar-refractivity contribution in [2.45, 2.75) is 19.9 Å². The van der Waals surface area contributed by atoms with E-state index in [9.17, 15) is 4.79 Å². The van der Waals surface area contributed by atoms with Crippen molar-refractivity contribution in [2.24, 2.45) is 0 Å². The first-order chi connectivity index (χ1) is 18.1. The predicted octanol–water partition coefficient (Wildman–Crippen LogP) is 5.27. The molecule has 1 atom stereocenters. The second kappa shape index (κ2) is 9.23. The number of anilines is 1. The Morgan fingerprint density at radius 2 is 1.68 bits per heavy atom. The van der Waals surface area contributed by atoms with Crippen LogP contribution in [0.25, 0.3) is 38.6 Å². The number of hydrogen-bond acceptors (Lipinski definition) is 7. The van der Waals surface area contributed by atoms with Gasteiger partial charge in [-0.05, 0) is 55.1 Å². The summed E-state index contributed by atoms with van der Waals surface area (Å²) in [5, 5.41) is 4.91. The number of hydrogen-bond donors (Lipinski definition) is 1. The molecule has 4 heterocycles. The van der Waals surface area contributed by atoms with Crippen molar-refractivity contribution in [3.05, 3.63) is 114 Å². The van der Waals surface area contributed by atoms with Crippen LogP contribution < -0.4 is 10.9 Å². The molecule has 0 amide bonds. The zero-order chi connectivity index (χ0) is 25.4. The number of rotatable bonds is 5. The molecular formula is C29H23N7O. The maximum atomic E-state index is 14.2. The molecule has 0 spiro atoms. The van der Waals surface area contributed by atoms with Gasteiger partial charge in [0.25, 0.3) is 5.56 Å². The Kier molecular flexibility index (Phi) is 5.61. The monoisotopic (exact) mass is 485 g/mol. The minimum atomic E-state index is -0.274. The van der Waals surface area contributed by atoms with Crippen LogP contribution in [-0.2, 0) is 0 Å². The van der Waals surface area contributed by atoms with E-state index in [1.165, 1.54) is 6.33 Å². The summed E-state index contributed by atoms with van der Waals surface area (Å²) >= 11 is 0. The lowest BCUT2D eigenvalue weighted by Gasteiger charge is -2.22. The molecule has 6 rings (SSSR count). The topological polar surface area (TPSA) is 98.5 Å². The number of nitrogens with zero attached hydrogens (tertiary/aromatic N) is 6. The molecular weight excluding hydrogens is 462 g/mol. The summed E-state index contributed by atoms with van der Waals surface area (Å²) in [6.07, 6.45) is 6.75. The lowest BCUT2D eigenvalue weighted by molar-refractivity contribution is 0.774. The Hall–Kier alpha value is -4.98. The van der Waals surface area contributed by atoms with Crippen LogP contribution in [-0.4, -0.2) is 29.5 Å². The van der Waals surface area contributed by atoms with E-state index in [0.29, 0.717) is 22.5 Å². The summed E-state index contributed by atoms with van der Waals surface area (Å²) in [5.74, 6) is 1.29. The molecule has 37 heavy (non-hydrogen) atoms. The molecule has 0 radical (unpaired) electrons. The fourth-order valence-corrected chi connectivity index (χ4v) is 4.59. The first-order valence-corrected chi connectivity index (χ1v) is 12.0. The second-order valence-electron chi connectivity index (χ2n) is 8.79. The minimum absolute atomic E-state index is 0.116. The zero-order valence-electron chi connectivity index (χ0n) is 20.3. The molecule has 0 aliphatic heterocycles. The van der Waals surface area contributed by atoms with Crippen molar-refractivity contribution in [1.82, 2.24) is 29.5 Å². The molecule has 0 saturated carbocycles. The molecule has 180 valence electrons. The maximum Gasteiger partial charge on any atom is 0.263 e. The van der Waals surface area contributed by atoms with Crippen LogP contribution in [0.2, 0.25) is 0 Å². The van der Waals surface area contributed by atoms with Crippen molar-refractivity contribution in [1.29, 1.82) is 0 Å². The fourth-order valence-electron chi connectivity index (χ4n) is 4.59. The van der Waals surface area contributed by atoms with Crippen molar-refractivity contribution >= 4 is 27.6 Å². The second-order valence-corrected chi connectivity index (χ2v) is 8.79. The van der Waals surface area contributed by atoms with Crippen LogP contribution in [0, 0.1) is 6.92 Å². The maximum absolute atomic E-state index is 14.2. The third-order valence-electron chi connectivity index (χ3n) is 6.37. The predicted molar refractivity (Wildman–Crippen MR) is 145 cm³/mol. The molecule has 0 unspecified atom stereocenters. The summed E-state index contributed by atoms with van der Waals surface area (Å²) < 4.78 is 1.76. The Bertz CT molecular complexity index is 1790. The Labute approximate surface area is 212 Å². The average Bonchev–Trinajstić information content (AvgIpc) is 2.94. The van der Waals surface area contributed by atoms with Crippen LogP contribution in [0.5, 0.6) is 0 Å². The van der Waals surface area contributed by atoms with Crippen LogP contribution in [0.1, 0.15) is 24.5 Å². The lowest BCUT2D eigenvalue weighted by atomic mass is 9.99. The number of benzene rings is 2. The minimum Gasteiger partial charge on any atom is -0.360 e. The van der Waals surface area contributed by atoms with Gasteiger partial charge in [0.05, 0.1) is 16.9 Å². The van der Waals surface area contributed by atoms with Crippen molar-refractivity contribution in [3.8, 4) is 16.8 Å². The van der Waals surface area contributed by atoms with Gasteiger partial charge in [0, 0.05) is 35.5 Å². The number of nitrogens with one attached hydrogen (secondary N) is 1. The number of aromatic nitrogens is 6. The highest BCUT2D eigenvalue weighted by molar-refractivity contribution is 5.96. The third-order valence-corrected chi connectivity index (χ3v) is 6.37. The van der Waals surface area contributed by atoms with E-state index in [1.807, 2.05) is 74.5 Å². The van der Waals surface area contributed by atoms with Crippen molar-refractivity contribution in [2.75, 3.05) is 5.32 Å². The van der Waals surface area contributed by atoms with Gasteiger partial charge in [-0.3, -0.25) is 14.3 Å². The molecule has 8 nitrogen and oxygen atoms in total. The number of para-hydroxylation sites is 1. The van der Waals surface area contributed by atoms with E-state index in [-0.39, 0.29) is 11.6 Å². The summed E-state index contributed by atoms with van der Waals surface area (Å²) in [4.78, 5) is 36.1. The molecule has 1 N–H and O–H groups in total. The van der Waals surface area contributed by atoms with Gasteiger partial charge in [0.15, 0.2) is 5.82 Å². The Morgan fingerprint density at radius 3 is 2.49 bits per heavy atom. The van der Waals surface area contributed by atoms with E-state index < -0.39 is 0 Å². The number of fused-ring (bicyclic) bond motifs is 2. The SMILES string of the molecule is Cc1ncc(-c2cccc3cc([C@H](C)Nc4ncnc5cccnc45)n(-c4ccccc4)c(=O)c23)cn1. The molecule has 0 bridgehead atoms. The lowest BCUT2D eigenvalue weighted by Crippen LogP contribution is -2.26. The van der Waals surface area contributed by atoms with Crippen LogP contribution in [0.15, 0.2) is 96.4 Å². The molecule has 0 aliphatic carbocycles. The average molecular weight is 486 g/mol. The fraction of sp³-hybridized carbons (Fsp3) is 0.103. The van der Waals surface area contributed by atoms with Gasteiger partial charge in [-0.15, -0.1) is 0 Å². The molecule has 4 aromatic heterocycles. The van der Waals surface area contributed by atoms with E-state index in [0.717, 1.165) is 33.4 Å². The Balaban J connectivity index is 1.56. The first-order valence-electron chi connectivity index (χ1n) is 12.0. The van der Waals surface area contributed by atoms with Crippen LogP contribution >= 0.6 is 0 Å². The van der Waals surface area contributed by atoms with Crippen LogP contribution in [0.3, 0.4) is 0 Å². The number of aryl methyl sites for hydroxylation is 1. The number of pyridine rings is 2. The third kappa shape index (κ3) is 4.08. The van der Waals surface area contributed by atoms with E-state index in [1.54, 1.807) is 23.2 Å².